The number of carbonyl (C=O) groups excluding carboxylic acids is 4. The zero-order valence-electron chi connectivity index (χ0n) is 22.7. The fourth-order valence-corrected chi connectivity index (χ4v) is 5.11. The lowest BCUT2D eigenvalue weighted by molar-refractivity contribution is -0.127. The lowest BCUT2D eigenvalue weighted by Gasteiger charge is -2.34. The van der Waals surface area contributed by atoms with E-state index in [-0.39, 0.29) is 55.0 Å². The predicted molar refractivity (Wildman–Crippen MR) is 152 cm³/mol. The molecule has 3 N–H and O–H groups in total. The number of amides is 3. The summed E-state index contributed by atoms with van der Waals surface area (Å²) in [7, 11) is 0. The maximum atomic E-state index is 15.1. The molecule has 0 atom stereocenters. The van der Waals surface area contributed by atoms with E-state index in [9.17, 15) is 19.2 Å². The molecule has 0 bridgehead atoms. The summed E-state index contributed by atoms with van der Waals surface area (Å²) in [6.07, 6.45) is 1.55. The number of halogens is 1. The number of hydrogen-bond acceptors (Lipinski definition) is 7. The van der Waals surface area contributed by atoms with Crippen molar-refractivity contribution < 1.29 is 23.6 Å². The number of aromatic nitrogens is 5. The minimum absolute atomic E-state index is 0.0678. The summed E-state index contributed by atoms with van der Waals surface area (Å²) in [6.45, 7) is 0.888. The van der Waals surface area contributed by atoms with Gasteiger partial charge in [0.1, 0.15) is 11.5 Å². The molecule has 43 heavy (non-hydrogen) atoms. The molecule has 0 saturated carbocycles. The average Bonchev–Trinajstić information content (AvgIpc) is 3.69. The van der Waals surface area contributed by atoms with Crippen molar-refractivity contribution >= 4 is 34.4 Å². The maximum absolute atomic E-state index is 15.1. The van der Waals surface area contributed by atoms with Crippen molar-refractivity contribution in [3.8, 4) is 5.69 Å². The highest BCUT2D eigenvalue weighted by atomic mass is 19.1. The minimum atomic E-state index is -0.869. The number of nitrogens with two attached hydrogens (primary N) is 1. The Labute approximate surface area is 243 Å². The molecule has 0 aliphatic carbocycles. The quantitative estimate of drug-likeness (QED) is 0.220. The molecule has 0 radical (unpaired) electrons. The van der Waals surface area contributed by atoms with Gasteiger partial charge in [0.25, 0.3) is 17.6 Å². The van der Waals surface area contributed by atoms with Gasteiger partial charge in [0.05, 0.1) is 11.1 Å². The van der Waals surface area contributed by atoms with Gasteiger partial charge in [-0.1, -0.05) is 30.3 Å². The van der Waals surface area contributed by atoms with E-state index in [0.29, 0.717) is 22.6 Å². The van der Waals surface area contributed by atoms with Crippen LogP contribution in [0.15, 0.2) is 72.9 Å². The molecule has 1 saturated heterocycles. The molecular weight excluding hydrogens is 555 g/mol. The van der Waals surface area contributed by atoms with Crippen LogP contribution < -0.4 is 5.73 Å². The Morgan fingerprint density at radius 2 is 1.60 bits per heavy atom. The van der Waals surface area contributed by atoms with Gasteiger partial charge in [-0.25, -0.2) is 4.39 Å². The molecule has 0 spiro atoms. The second kappa shape index (κ2) is 11.3. The number of primary amides is 1. The molecule has 6 rings (SSSR count). The smallest absolute Gasteiger partial charge is 0.295 e. The number of nitrogens with one attached hydrogen (secondary N) is 1. The molecule has 0 unspecified atom stereocenters. The fourth-order valence-electron chi connectivity index (χ4n) is 5.11. The summed E-state index contributed by atoms with van der Waals surface area (Å²) in [6, 6.07) is 18.2. The molecule has 2 aromatic heterocycles. The topological polar surface area (TPSA) is 160 Å². The summed E-state index contributed by atoms with van der Waals surface area (Å²) in [5, 5.41) is 12.4. The van der Waals surface area contributed by atoms with Crippen molar-refractivity contribution in [1.29, 1.82) is 0 Å². The van der Waals surface area contributed by atoms with E-state index < -0.39 is 23.4 Å². The second-order valence-electron chi connectivity index (χ2n) is 10.0. The van der Waals surface area contributed by atoms with Crippen LogP contribution in [0, 0.1) is 5.82 Å². The van der Waals surface area contributed by atoms with Gasteiger partial charge in [0, 0.05) is 55.3 Å². The Bertz CT molecular complexity index is 1880. The third kappa shape index (κ3) is 5.35. The van der Waals surface area contributed by atoms with E-state index >= 15 is 4.39 Å². The van der Waals surface area contributed by atoms with Crippen LogP contribution in [0.2, 0.25) is 0 Å². The van der Waals surface area contributed by atoms with Crippen LogP contribution in [-0.4, -0.2) is 84.7 Å². The molecule has 13 heteroatoms. The van der Waals surface area contributed by atoms with E-state index in [1.54, 1.807) is 53.4 Å². The zero-order valence-corrected chi connectivity index (χ0v) is 22.7. The van der Waals surface area contributed by atoms with Crippen molar-refractivity contribution in [3.63, 3.8) is 0 Å². The Hall–Kier alpha value is -5.72. The van der Waals surface area contributed by atoms with Crippen molar-refractivity contribution in [3.05, 3.63) is 107 Å². The van der Waals surface area contributed by atoms with Gasteiger partial charge in [-0.2, -0.15) is 0 Å². The van der Waals surface area contributed by atoms with Crippen molar-refractivity contribution in [2.75, 3.05) is 26.2 Å². The molecule has 1 aliphatic heterocycles. The van der Waals surface area contributed by atoms with Crippen LogP contribution in [0.25, 0.3) is 16.6 Å². The third-order valence-electron chi connectivity index (χ3n) is 7.32. The number of ketones is 1. The lowest BCUT2D eigenvalue weighted by atomic mass is 10.1. The zero-order chi connectivity index (χ0) is 30.1. The van der Waals surface area contributed by atoms with Crippen molar-refractivity contribution in [2.24, 2.45) is 5.73 Å². The number of piperazine rings is 1. The molecular formula is C30H25FN8O4. The number of aromatic amines is 1. The number of fused-ring (bicyclic) bond motifs is 1. The van der Waals surface area contributed by atoms with Gasteiger partial charge in [-0.3, -0.25) is 19.2 Å². The number of hydrogen-bond donors (Lipinski definition) is 2. The average molecular weight is 581 g/mol. The van der Waals surface area contributed by atoms with E-state index in [0.717, 1.165) is 5.56 Å². The van der Waals surface area contributed by atoms with Crippen LogP contribution in [0.4, 0.5) is 4.39 Å². The number of carbonyl (C=O) groups is 4. The number of nitrogens with zero attached hydrogens (tertiary/aromatic N) is 6. The van der Waals surface area contributed by atoms with E-state index in [2.05, 4.69) is 20.4 Å². The molecule has 3 heterocycles. The highest BCUT2D eigenvalue weighted by Gasteiger charge is 2.31. The summed E-state index contributed by atoms with van der Waals surface area (Å²) in [4.78, 5) is 57.8. The Morgan fingerprint density at radius 3 is 2.35 bits per heavy atom. The van der Waals surface area contributed by atoms with Crippen LogP contribution in [-0.2, 0) is 11.2 Å². The number of rotatable bonds is 7. The summed E-state index contributed by atoms with van der Waals surface area (Å²) in [5.74, 6) is -2.71. The standard InChI is InChI=1S/C30H25FN8O4/c31-22-9-10-23(39-35-24(34-36-39)16-18-5-4-8-20(15-18)28(32)41)26-25(22)21(17-33-26)27(40)30(43)38-13-11-37(12-14-38)29(42)19-6-2-1-3-7-19/h1-10,15,17,33H,11-14,16H2,(H2,32,41). The first-order valence-electron chi connectivity index (χ1n) is 13.5. The normalized spacial score (nSPS) is 13.3. The maximum Gasteiger partial charge on any atom is 0.295 e. The number of Topliss-reactive ketones (excluding diaryl/α,β-unsaturated/α-hetero) is 1. The molecule has 216 valence electrons. The Kier molecular flexibility index (Phi) is 7.20. The van der Waals surface area contributed by atoms with Crippen molar-refractivity contribution in [1.82, 2.24) is 35.0 Å². The minimum Gasteiger partial charge on any atom is -0.366 e. The largest absolute Gasteiger partial charge is 0.366 e. The van der Waals surface area contributed by atoms with Crippen molar-refractivity contribution in [2.45, 2.75) is 6.42 Å². The first-order chi connectivity index (χ1) is 20.8. The van der Waals surface area contributed by atoms with Gasteiger partial charge < -0.3 is 20.5 Å². The second-order valence-corrected chi connectivity index (χ2v) is 10.0. The number of tetrazole rings is 1. The molecule has 12 nitrogen and oxygen atoms in total. The molecule has 3 amide bonds. The van der Waals surface area contributed by atoms with Crippen LogP contribution >= 0.6 is 0 Å². The molecule has 3 aromatic carbocycles. The molecule has 5 aromatic rings. The Morgan fingerprint density at radius 1 is 0.884 bits per heavy atom. The lowest BCUT2D eigenvalue weighted by Crippen LogP contribution is -2.52. The number of H-pyrrole nitrogens is 1. The highest BCUT2D eigenvalue weighted by Crippen LogP contribution is 2.28. The van der Waals surface area contributed by atoms with Gasteiger partial charge >= 0.3 is 0 Å². The first-order valence-corrected chi connectivity index (χ1v) is 13.5. The fraction of sp³-hybridized carbons (Fsp3) is 0.167. The van der Waals surface area contributed by atoms with Crippen LogP contribution in [0.5, 0.6) is 0 Å². The van der Waals surface area contributed by atoms with E-state index in [1.807, 2.05) is 6.07 Å². The monoisotopic (exact) mass is 580 g/mol. The van der Waals surface area contributed by atoms with Crippen LogP contribution in [0.3, 0.4) is 0 Å². The highest BCUT2D eigenvalue weighted by molar-refractivity contribution is 6.45. The van der Waals surface area contributed by atoms with E-state index in [4.69, 9.17) is 5.73 Å². The van der Waals surface area contributed by atoms with Gasteiger partial charge in [-0.15, -0.1) is 15.0 Å². The molecule has 1 aliphatic rings. The van der Waals surface area contributed by atoms with E-state index in [1.165, 1.54) is 28.0 Å². The molecule has 1 fully saturated rings. The third-order valence-corrected chi connectivity index (χ3v) is 7.32. The predicted octanol–water partition coefficient (Wildman–Crippen LogP) is 2.14. The summed E-state index contributed by atoms with van der Waals surface area (Å²) >= 11 is 0. The Balaban J connectivity index is 1.19. The first kappa shape index (κ1) is 27.4. The van der Waals surface area contributed by atoms with Crippen LogP contribution in [0.1, 0.15) is 42.5 Å². The van der Waals surface area contributed by atoms with Gasteiger partial charge in [0.2, 0.25) is 5.91 Å². The summed E-state index contributed by atoms with van der Waals surface area (Å²) < 4.78 is 15.1. The summed E-state index contributed by atoms with van der Waals surface area (Å²) in [5.41, 5.74) is 7.43. The van der Waals surface area contributed by atoms with Gasteiger partial charge in [-0.05, 0) is 47.2 Å². The van der Waals surface area contributed by atoms with Gasteiger partial charge in [0.15, 0.2) is 5.82 Å². The number of benzene rings is 3. The SMILES string of the molecule is NC(=O)c1cccc(Cc2nnn(-c3ccc(F)c4c(C(=O)C(=O)N5CCN(C(=O)c6ccccc6)CC5)c[nH]c34)n2)c1.